The number of H-pyrrole nitrogens is 1. The number of ether oxygens (including phenoxy) is 3. The Morgan fingerprint density at radius 2 is 1.81 bits per heavy atom. The van der Waals surface area contributed by atoms with E-state index < -0.39 is 44.5 Å². The lowest BCUT2D eigenvalue weighted by atomic mass is 10.1. The van der Waals surface area contributed by atoms with E-state index >= 15 is 0 Å². The van der Waals surface area contributed by atoms with E-state index in [0.29, 0.717) is 25.9 Å². The Balaban J connectivity index is 0.000000317. The number of esters is 2. The van der Waals surface area contributed by atoms with Crippen molar-refractivity contribution < 1.29 is 48.0 Å². The molecule has 1 unspecified atom stereocenters. The summed E-state index contributed by atoms with van der Waals surface area (Å²) in [6.07, 6.45) is -3.34. The smallest absolute Gasteiger partial charge is 0.400 e. The number of aromatic amines is 1. The molecule has 9 N–H and O–H groups in total. The van der Waals surface area contributed by atoms with Crippen LogP contribution in [-0.4, -0.2) is 98.8 Å². The molecular formula is C18H30N7O11P. The fourth-order valence-corrected chi connectivity index (χ4v) is 3.48. The standard InChI is InChI=1S/C10H15N6O7P.C8H15NO4/c11-10-14-7-4(8(19)15-10)13-2-16(7)9-6(18)5(17)3(23-9)1-22-24(12,20)21;1-12-7(10)3-5-9-6-4-8(11)13-2/h2-3,5-6,9,17-18H,1H2,(H3,12,20,21)(H3,11,14,15,19);9H,3-6H2,1-2H3/t3-,5-,6-,9-;/m1./s1. The van der Waals surface area contributed by atoms with Crippen molar-refractivity contribution in [3.63, 3.8) is 0 Å². The number of aromatic nitrogens is 4. The van der Waals surface area contributed by atoms with Gasteiger partial charge in [0.1, 0.15) is 18.3 Å². The highest BCUT2D eigenvalue weighted by Crippen LogP contribution is 2.36. The summed E-state index contributed by atoms with van der Waals surface area (Å²) in [6, 6.07) is 0. The van der Waals surface area contributed by atoms with Gasteiger partial charge in [-0.3, -0.25) is 28.5 Å². The molecule has 0 bridgehead atoms. The summed E-state index contributed by atoms with van der Waals surface area (Å²) in [5.74, 6) is -0.678. The van der Waals surface area contributed by atoms with Crippen LogP contribution in [-0.2, 0) is 32.9 Å². The van der Waals surface area contributed by atoms with Gasteiger partial charge in [-0.25, -0.2) is 15.1 Å². The van der Waals surface area contributed by atoms with Crippen LogP contribution in [0.25, 0.3) is 11.2 Å². The number of imidazole rings is 1. The zero-order valence-corrected chi connectivity index (χ0v) is 20.9. The molecule has 0 amide bonds. The fourth-order valence-electron chi connectivity index (χ4n) is 3.12. The number of nitrogens with two attached hydrogens (primary N) is 2. The van der Waals surface area contributed by atoms with Gasteiger partial charge >= 0.3 is 19.7 Å². The van der Waals surface area contributed by atoms with Crippen molar-refractivity contribution in [2.24, 2.45) is 5.50 Å². The van der Waals surface area contributed by atoms with Crippen LogP contribution in [0.3, 0.4) is 0 Å². The van der Waals surface area contributed by atoms with Crippen LogP contribution in [0.2, 0.25) is 0 Å². The topological polar surface area (TPSA) is 276 Å². The highest BCUT2D eigenvalue weighted by molar-refractivity contribution is 7.50. The Bertz CT molecular complexity index is 1150. The third-order valence-corrected chi connectivity index (χ3v) is 5.47. The molecule has 208 valence electrons. The van der Waals surface area contributed by atoms with Crippen molar-refractivity contribution in [2.45, 2.75) is 37.4 Å². The Morgan fingerprint density at radius 3 is 2.35 bits per heavy atom. The van der Waals surface area contributed by atoms with Crippen molar-refractivity contribution in [3.8, 4) is 0 Å². The minimum absolute atomic E-state index is 0.0315. The number of nitrogens with one attached hydrogen (secondary N) is 2. The molecule has 0 spiro atoms. The van der Waals surface area contributed by atoms with Crippen LogP contribution in [0.5, 0.6) is 0 Å². The molecule has 1 aliphatic rings. The average molecular weight is 551 g/mol. The fraction of sp³-hybridized carbons (Fsp3) is 0.611. The Kier molecular flexibility index (Phi) is 11.1. The number of methoxy groups -OCH3 is 2. The Labute approximate surface area is 209 Å². The molecule has 2 aromatic heterocycles. The van der Waals surface area contributed by atoms with Crippen LogP contribution in [0.15, 0.2) is 11.1 Å². The van der Waals surface area contributed by atoms with Gasteiger partial charge in [0.25, 0.3) is 5.56 Å². The van der Waals surface area contributed by atoms with Gasteiger partial charge in [-0.15, -0.1) is 0 Å². The number of anilines is 1. The molecule has 0 radical (unpaired) electrons. The van der Waals surface area contributed by atoms with E-state index in [9.17, 15) is 29.2 Å². The van der Waals surface area contributed by atoms with Gasteiger partial charge in [-0.05, 0) is 0 Å². The van der Waals surface area contributed by atoms with Gasteiger partial charge in [0, 0.05) is 13.1 Å². The molecule has 19 heteroatoms. The molecule has 0 aromatic carbocycles. The van der Waals surface area contributed by atoms with Gasteiger partial charge in [-0.2, -0.15) is 4.98 Å². The number of hydrogen-bond acceptors (Lipinski definition) is 14. The molecule has 18 nitrogen and oxygen atoms in total. The van der Waals surface area contributed by atoms with E-state index in [1.807, 2.05) is 0 Å². The molecule has 2 aromatic rings. The third-order valence-electron chi connectivity index (χ3n) is 4.95. The van der Waals surface area contributed by atoms with Gasteiger partial charge in [-0.1, -0.05) is 0 Å². The summed E-state index contributed by atoms with van der Waals surface area (Å²) < 4.78 is 31.0. The van der Waals surface area contributed by atoms with E-state index in [1.54, 1.807) is 0 Å². The normalized spacial score (nSPS) is 22.6. The number of aliphatic hydroxyl groups excluding tert-OH is 2. The lowest BCUT2D eigenvalue weighted by Crippen LogP contribution is -2.33. The number of aliphatic hydroxyl groups is 2. The van der Waals surface area contributed by atoms with Crippen molar-refractivity contribution in [3.05, 3.63) is 16.7 Å². The van der Waals surface area contributed by atoms with Crippen LogP contribution < -0.4 is 22.1 Å². The number of nitrogens with zero attached hydrogens (tertiary/aromatic N) is 3. The summed E-state index contributed by atoms with van der Waals surface area (Å²) in [4.78, 5) is 52.0. The second kappa shape index (κ2) is 13.5. The molecule has 3 heterocycles. The number of nitrogen functional groups attached to an aromatic ring is 1. The van der Waals surface area contributed by atoms with Crippen molar-refractivity contribution in [1.82, 2.24) is 24.8 Å². The molecule has 1 saturated heterocycles. The third kappa shape index (κ3) is 8.83. The number of rotatable bonds is 10. The quantitative estimate of drug-likeness (QED) is 0.0885. The molecule has 1 fully saturated rings. The summed E-state index contributed by atoms with van der Waals surface area (Å²) in [5.41, 5.74) is 9.76. The highest BCUT2D eigenvalue weighted by atomic mass is 31.2. The SMILES string of the molecule is COC(=O)CCNCCC(=O)OC.Nc1nc2c(ncn2[C@@H]2O[C@H](COP(N)(=O)O)[C@@H](O)[C@H]2O)c(=O)[nH]1. The largest absolute Gasteiger partial charge is 0.469 e. The molecule has 5 atom stereocenters. The Hall–Kier alpha value is -2.96. The first-order valence-electron chi connectivity index (χ1n) is 10.7. The van der Waals surface area contributed by atoms with E-state index in [1.165, 1.54) is 25.1 Å². The maximum Gasteiger partial charge on any atom is 0.400 e. The molecule has 0 aliphatic carbocycles. The van der Waals surface area contributed by atoms with Crippen LogP contribution in [0, 0.1) is 0 Å². The van der Waals surface area contributed by atoms with Gasteiger partial charge in [0.05, 0.1) is 40.0 Å². The first kappa shape index (κ1) is 30.3. The highest BCUT2D eigenvalue weighted by Gasteiger charge is 2.45. The van der Waals surface area contributed by atoms with Gasteiger partial charge < -0.3 is 40.4 Å². The predicted molar refractivity (Wildman–Crippen MR) is 125 cm³/mol. The summed E-state index contributed by atoms with van der Waals surface area (Å²) in [6.45, 7) is 0.509. The van der Waals surface area contributed by atoms with Crippen molar-refractivity contribution >= 4 is 36.8 Å². The van der Waals surface area contributed by atoms with E-state index in [-0.39, 0.29) is 29.1 Å². The van der Waals surface area contributed by atoms with E-state index in [2.05, 4.69) is 34.3 Å². The second-order valence-corrected chi connectivity index (χ2v) is 8.97. The molecule has 1 aliphatic heterocycles. The minimum Gasteiger partial charge on any atom is -0.469 e. The van der Waals surface area contributed by atoms with Gasteiger partial charge in [0.15, 0.2) is 17.4 Å². The Morgan fingerprint density at radius 1 is 1.22 bits per heavy atom. The van der Waals surface area contributed by atoms with E-state index in [4.69, 9.17) is 20.9 Å². The maximum absolute atomic E-state index is 11.8. The first-order valence-corrected chi connectivity index (χ1v) is 12.4. The number of carbonyl (C=O) groups excluding carboxylic acids is 2. The first-order chi connectivity index (χ1) is 17.4. The van der Waals surface area contributed by atoms with E-state index in [0.717, 1.165) is 0 Å². The number of hydrogen-bond donors (Lipinski definition) is 7. The van der Waals surface area contributed by atoms with Crippen LogP contribution >= 0.6 is 7.75 Å². The molecule has 3 rings (SSSR count). The zero-order chi connectivity index (χ0) is 27.8. The lowest BCUT2D eigenvalue weighted by molar-refractivity contribution is -0.140. The second-order valence-electron chi connectivity index (χ2n) is 7.58. The van der Waals surface area contributed by atoms with Crippen molar-refractivity contribution in [1.29, 1.82) is 0 Å². The molecular weight excluding hydrogens is 521 g/mol. The summed E-state index contributed by atoms with van der Waals surface area (Å²) in [5, 5.41) is 23.0. The van der Waals surface area contributed by atoms with Crippen molar-refractivity contribution in [2.75, 3.05) is 39.6 Å². The maximum atomic E-state index is 11.8. The summed E-state index contributed by atoms with van der Waals surface area (Å²) >= 11 is 0. The lowest BCUT2D eigenvalue weighted by Gasteiger charge is -2.16. The molecule has 37 heavy (non-hydrogen) atoms. The van der Waals surface area contributed by atoms with Crippen LogP contribution in [0.1, 0.15) is 19.1 Å². The number of carbonyl (C=O) groups is 2. The predicted octanol–water partition coefficient (Wildman–Crippen LogP) is -2.90. The number of fused-ring (bicyclic) bond motifs is 1. The minimum atomic E-state index is -4.26. The zero-order valence-electron chi connectivity index (χ0n) is 20.0. The van der Waals surface area contributed by atoms with Gasteiger partial charge in [0.2, 0.25) is 5.95 Å². The summed E-state index contributed by atoms with van der Waals surface area (Å²) in [7, 11) is -1.57. The monoisotopic (exact) mass is 551 g/mol. The average Bonchev–Trinajstić information content (AvgIpc) is 3.38. The van der Waals surface area contributed by atoms with Crippen LogP contribution in [0.4, 0.5) is 5.95 Å². The molecule has 0 saturated carbocycles.